The Morgan fingerprint density at radius 2 is 1.84 bits per heavy atom. The second-order valence-corrected chi connectivity index (χ2v) is 10.4. The minimum atomic E-state index is -4.00. The van der Waals surface area contributed by atoms with Crippen LogP contribution in [0.2, 0.25) is 0 Å². The number of amides is 2. The lowest BCUT2D eigenvalue weighted by atomic mass is 10.0. The van der Waals surface area contributed by atoms with Crippen LogP contribution in [-0.4, -0.2) is 41.0 Å². The lowest BCUT2D eigenvalue weighted by Gasteiger charge is -2.10. The number of unbranched alkanes of at least 4 members (excludes halogenated alkanes) is 1. The van der Waals surface area contributed by atoms with Crippen molar-refractivity contribution in [3.05, 3.63) is 78.8 Å². The molecule has 9 nitrogen and oxygen atoms in total. The van der Waals surface area contributed by atoms with Gasteiger partial charge in [-0.05, 0) is 66.4 Å². The third kappa shape index (κ3) is 5.97. The van der Waals surface area contributed by atoms with Crippen molar-refractivity contribution < 1.29 is 23.1 Å². The van der Waals surface area contributed by atoms with E-state index in [1.54, 1.807) is 18.5 Å². The smallest absolute Gasteiger partial charge is 0.319 e. The van der Waals surface area contributed by atoms with Gasteiger partial charge >= 0.3 is 12.0 Å². The van der Waals surface area contributed by atoms with E-state index in [-0.39, 0.29) is 23.8 Å². The van der Waals surface area contributed by atoms with Crippen LogP contribution in [-0.2, 0) is 21.2 Å². The predicted molar refractivity (Wildman–Crippen MR) is 142 cm³/mol. The van der Waals surface area contributed by atoms with Crippen LogP contribution in [0, 0.1) is 0 Å². The number of hydrogen-bond donors (Lipinski definition) is 3. The van der Waals surface area contributed by atoms with Crippen molar-refractivity contribution in [2.75, 3.05) is 11.9 Å². The molecule has 10 heteroatoms. The van der Waals surface area contributed by atoms with Crippen LogP contribution >= 0.6 is 0 Å². The molecule has 0 atom stereocenters. The van der Waals surface area contributed by atoms with Gasteiger partial charge in [0.05, 0.1) is 10.4 Å². The van der Waals surface area contributed by atoms with Crippen molar-refractivity contribution in [3.8, 4) is 11.1 Å². The monoisotopic (exact) mass is 520 g/mol. The molecule has 0 saturated carbocycles. The number of pyridine rings is 1. The van der Waals surface area contributed by atoms with Gasteiger partial charge in [-0.25, -0.2) is 17.2 Å². The molecule has 0 fully saturated rings. The van der Waals surface area contributed by atoms with Crippen molar-refractivity contribution >= 4 is 38.6 Å². The summed E-state index contributed by atoms with van der Waals surface area (Å²) in [6.07, 6.45) is 6.76. The number of fused-ring (bicyclic) bond motifs is 1. The van der Waals surface area contributed by atoms with Gasteiger partial charge in [0.15, 0.2) is 0 Å². The quantitative estimate of drug-likeness (QED) is 0.256. The molecule has 37 heavy (non-hydrogen) atoms. The first-order valence-electron chi connectivity index (χ1n) is 12.0. The molecule has 2 amide bonds. The Bertz CT molecular complexity index is 1510. The summed E-state index contributed by atoms with van der Waals surface area (Å²) in [5.74, 6) is -0.964. The summed E-state index contributed by atoms with van der Waals surface area (Å²) in [5, 5.41) is 15.3. The standard InChI is InChI=1S/C27H28N4O5S/c1-2-3-15-29-27(34)30-22-8-10-23(11-9-22)37(35,36)31-18-21(7-13-26(32)33)24-16-19(6-12-25(24)31)20-5-4-14-28-17-20/h4-6,8-12,14,16-18H,2-3,7,13,15H2,1H3,(H,32,33)(H2,29,30,34). The number of nitrogens with one attached hydrogen (secondary N) is 2. The molecule has 0 bridgehead atoms. The molecule has 4 rings (SSSR count). The molecular weight excluding hydrogens is 492 g/mol. The van der Waals surface area contributed by atoms with Gasteiger partial charge in [0.25, 0.3) is 10.0 Å². The second-order valence-electron chi connectivity index (χ2n) is 8.58. The van der Waals surface area contributed by atoms with Gasteiger partial charge < -0.3 is 15.7 Å². The third-order valence-electron chi connectivity index (χ3n) is 5.94. The van der Waals surface area contributed by atoms with Gasteiger partial charge in [0.1, 0.15) is 0 Å². The van der Waals surface area contributed by atoms with Crippen LogP contribution in [0.5, 0.6) is 0 Å². The zero-order valence-electron chi connectivity index (χ0n) is 20.3. The van der Waals surface area contributed by atoms with E-state index in [1.807, 2.05) is 31.2 Å². The number of carbonyl (C=O) groups is 2. The largest absolute Gasteiger partial charge is 0.481 e. The lowest BCUT2D eigenvalue weighted by Crippen LogP contribution is -2.29. The molecular formula is C27H28N4O5S. The number of carboxylic acid groups (broad SMARTS) is 1. The maximum Gasteiger partial charge on any atom is 0.319 e. The highest BCUT2D eigenvalue weighted by Gasteiger charge is 2.22. The molecule has 2 aromatic carbocycles. The highest BCUT2D eigenvalue weighted by atomic mass is 32.2. The van der Waals surface area contributed by atoms with Crippen LogP contribution < -0.4 is 10.6 Å². The molecule has 4 aromatic rings. The predicted octanol–water partition coefficient (Wildman–Crippen LogP) is 4.88. The summed E-state index contributed by atoms with van der Waals surface area (Å²) >= 11 is 0. The lowest BCUT2D eigenvalue weighted by molar-refractivity contribution is -0.136. The Kier molecular flexibility index (Phi) is 7.88. The Hall–Kier alpha value is -4.18. The zero-order chi connectivity index (χ0) is 26.4. The van der Waals surface area contributed by atoms with E-state index in [2.05, 4.69) is 15.6 Å². The zero-order valence-corrected chi connectivity index (χ0v) is 21.2. The number of benzene rings is 2. The fraction of sp³-hybridized carbons (Fsp3) is 0.222. The van der Waals surface area contributed by atoms with Gasteiger partial charge in [-0.2, -0.15) is 0 Å². The van der Waals surface area contributed by atoms with Gasteiger partial charge in [0, 0.05) is 48.2 Å². The number of anilines is 1. The molecule has 0 radical (unpaired) electrons. The molecule has 2 heterocycles. The maximum absolute atomic E-state index is 13.6. The van der Waals surface area contributed by atoms with Crippen molar-refractivity contribution in [1.29, 1.82) is 0 Å². The number of aryl methyl sites for hydroxylation is 1. The Balaban J connectivity index is 1.67. The van der Waals surface area contributed by atoms with Crippen molar-refractivity contribution in [3.63, 3.8) is 0 Å². The first kappa shape index (κ1) is 25.9. The first-order chi connectivity index (χ1) is 17.8. The van der Waals surface area contributed by atoms with E-state index < -0.39 is 16.0 Å². The number of aromatic nitrogens is 2. The maximum atomic E-state index is 13.6. The summed E-state index contributed by atoms with van der Waals surface area (Å²) in [6, 6.07) is 14.7. The molecule has 0 aliphatic carbocycles. The van der Waals surface area contributed by atoms with E-state index in [9.17, 15) is 23.1 Å². The second kappa shape index (κ2) is 11.3. The van der Waals surface area contributed by atoms with E-state index in [1.165, 1.54) is 34.4 Å². The number of aliphatic carboxylic acids is 1. The fourth-order valence-corrected chi connectivity index (χ4v) is 5.39. The van der Waals surface area contributed by atoms with Crippen molar-refractivity contribution in [2.45, 2.75) is 37.5 Å². The molecule has 2 aromatic heterocycles. The normalized spacial score (nSPS) is 11.4. The molecule has 3 N–H and O–H groups in total. The van der Waals surface area contributed by atoms with Crippen LogP contribution in [0.15, 0.2) is 78.1 Å². The number of carboxylic acids is 1. The summed E-state index contributed by atoms with van der Waals surface area (Å²) < 4.78 is 28.4. The fourth-order valence-electron chi connectivity index (χ4n) is 4.00. The van der Waals surface area contributed by atoms with E-state index in [0.29, 0.717) is 28.7 Å². The summed E-state index contributed by atoms with van der Waals surface area (Å²) in [4.78, 5) is 27.4. The minimum absolute atomic E-state index is 0.0439. The highest BCUT2D eigenvalue weighted by Crippen LogP contribution is 2.31. The number of urea groups is 1. The van der Waals surface area contributed by atoms with Gasteiger partial charge in [-0.3, -0.25) is 9.78 Å². The number of rotatable bonds is 10. The highest BCUT2D eigenvalue weighted by molar-refractivity contribution is 7.90. The molecule has 192 valence electrons. The number of hydrogen-bond acceptors (Lipinski definition) is 5. The molecule has 0 saturated heterocycles. The Morgan fingerprint density at radius 1 is 1.05 bits per heavy atom. The van der Waals surface area contributed by atoms with Gasteiger partial charge in [-0.15, -0.1) is 0 Å². The molecule has 0 aliphatic heterocycles. The summed E-state index contributed by atoms with van der Waals surface area (Å²) in [5.41, 5.74) is 3.25. The number of carbonyl (C=O) groups excluding carboxylic acids is 1. The average molecular weight is 521 g/mol. The topological polar surface area (TPSA) is 130 Å². The third-order valence-corrected chi connectivity index (χ3v) is 7.63. The first-order valence-corrected chi connectivity index (χ1v) is 13.4. The molecule has 0 aliphatic rings. The van der Waals surface area contributed by atoms with Gasteiger partial charge in [0.2, 0.25) is 0 Å². The number of nitrogens with zero attached hydrogens (tertiary/aromatic N) is 2. The Labute approximate surface area is 215 Å². The van der Waals surface area contributed by atoms with E-state index >= 15 is 0 Å². The van der Waals surface area contributed by atoms with Crippen LogP contribution in [0.25, 0.3) is 22.0 Å². The SMILES string of the molecule is CCCCNC(=O)Nc1ccc(S(=O)(=O)n2cc(CCC(=O)O)c3cc(-c4cccnc4)ccc32)cc1. The van der Waals surface area contributed by atoms with Crippen molar-refractivity contribution in [1.82, 2.24) is 14.3 Å². The molecule has 0 spiro atoms. The van der Waals surface area contributed by atoms with E-state index in [0.717, 1.165) is 24.0 Å². The van der Waals surface area contributed by atoms with E-state index in [4.69, 9.17) is 0 Å². The van der Waals surface area contributed by atoms with Crippen molar-refractivity contribution in [2.24, 2.45) is 0 Å². The Morgan fingerprint density at radius 3 is 2.51 bits per heavy atom. The minimum Gasteiger partial charge on any atom is -0.481 e. The van der Waals surface area contributed by atoms with Crippen LogP contribution in [0.4, 0.5) is 10.5 Å². The van der Waals surface area contributed by atoms with Crippen LogP contribution in [0.1, 0.15) is 31.7 Å². The van der Waals surface area contributed by atoms with Gasteiger partial charge in [-0.1, -0.05) is 25.5 Å². The van der Waals surface area contributed by atoms with Crippen LogP contribution in [0.3, 0.4) is 0 Å². The summed E-state index contributed by atoms with van der Waals surface area (Å²) in [6.45, 7) is 2.59. The molecule has 0 unspecified atom stereocenters. The average Bonchev–Trinajstić information content (AvgIpc) is 3.27. The summed E-state index contributed by atoms with van der Waals surface area (Å²) in [7, 11) is -4.00.